The van der Waals surface area contributed by atoms with Crippen LogP contribution in [-0.4, -0.2) is 20.0 Å². The van der Waals surface area contributed by atoms with E-state index >= 15 is 0 Å². The molecule has 0 saturated carbocycles. The molecule has 0 unspecified atom stereocenters. The molecular formula is C18H18ClNO3. The Morgan fingerprint density at radius 2 is 1.83 bits per heavy atom. The number of nitrogens with one attached hydrogen (secondary N) is 1. The van der Waals surface area contributed by atoms with Crippen LogP contribution in [0, 0.1) is 6.92 Å². The zero-order valence-electron chi connectivity index (χ0n) is 13.2. The molecule has 2 rings (SSSR count). The van der Waals surface area contributed by atoms with Gasteiger partial charge in [0.25, 0.3) is 0 Å². The number of rotatable bonds is 6. The molecule has 4 nitrogen and oxygen atoms in total. The fourth-order valence-corrected chi connectivity index (χ4v) is 2.16. The summed E-state index contributed by atoms with van der Waals surface area (Å²) in [6.07, 6.45) is 3.04. The lowest BCUT2D eigenvalue weighted by Crippen LogP contribution is -1.98. The lowest BCUT2D eigenvalue weighted by atomic mass is 10.1. The number of benzene rings is 2. The van der Waals surface area contributed by atoms with E-state index in [0.29, 0.717) is 22.1 Å². The van der Waals surface area contributed by atoms with Crippen molar-refractivity contribution in [1.29, 1.82) is 0 Å². The maximum Gasteiger partial charge on any atom is 0.187 e. The second-order valence-electron chi connectivity index (χ2n) is 4.88. The van der Waals surface area contributed by atoms with Crippen LogP contribution in [0.3, 0.4) is 0 Å². The summed E-state index contributed by atoms with van der Waals surface area (Å²) in [6.45, 7) is 1.93. The molecule has 2 aromatic carbocycles. The molecule has 0 aliphatic carbocycles. The van der Waals surface area contributed by atoms with Gasteiger partial charge in [-0.25, -0.2) is 0 Å². The van der Waals surface area contributed by atoms with Crippen molar-refractivity contribution in [3.05, 3.63) is 64.8 Å². The minimum atomic E-state index is -0.142. The average molecular weight is 332 g/mol. The van der Waals surface area contributed by atoms with Crippen molar-refractivity contribution in [2.45, 2.75) is 6.92 Å². The number of hydrogen-bond acceptors (Lipinski definition) is 4. The predicted molar refractivity (Wildman–Crippen MR) is 92.8 cm³/mol. The monoisotopic (exact) mass is 331 g/mol. The maximum absolute atomic E-state index is 12.2. The number of ketones is 1. The van der Waals surface area contributed by atoms with Crippen LogP contribution in [0.25, 0.3) is 0 Å². The summed E-state index contributed by atoms with van der Waals surface area (Å²) in [5, 5.41) is 3.70. The van der Waals surface area contributed by atoms with E-state index in [1.165, 1.54) is 13.2 Å². The van der Waals surface area contributed by atoms with E-state index in [1.54, 1.807) is 31.5 Å². The first-order valence-electron chi connectivity index (χ1n) is 7.00. The third-order valence-electron chi connectivity index (χ3n) is 3.32. The van der Waals surface area contributed by atoms with Crippen LogP contribution in [-0.2, 0) is 0 Å². The molecule has 0 atom stereocenters. The van der Waals surface area contributed by atoms with Gasteiger partial charge in [0.2, 0.25) is 0 Å². The van der Waals surface area contributed by atoms with Gasteiger partial charge in [-0.1, -0.05) is 17.7 Å². The Bertz CT molecular complexity index is 741. The Morgan fingerprint density at radius 1 is 1.09 bits per heavy atom. The molecule has 2 aromatic rings. The summed E-state index contributed by atoms with van der Waals surface area (Å²) in [5.74, 6) is 0.960. The summed E-state index contributed by atoms with van der Waals surface area (Å²) < 4.78 is 10.3. The highest BCUT2D eigenvalue weighted by molar-refractivity contribution is 6.31. The van der Waals surface area contributed by atoms with Crippen molar-refractivity contribution < 1.29 is 14.3 Å². The summed E-state index contributed by atoms with van der Waals surface area (Å²) in [6, 6.07) is 10.7. The number of carbonyl (C=O) groups is 1. The Balaban J connectivity index is 2.07. The molecular weight excluding hydrogens is 314 g/mol. The van der Waals surface area contributed by atoms with Crippen molar-refractivity contribution in [2.75, 3.05) is 19.5 Å². The number of aryl methyl sites for hydroxylation is 1. The lowest BCUT2D eigenvalue weighted by molar-refractivity contribution is 0.104. The predicted octanol–water partition coefficient (Wildman–Crippen LogP) is 4.47. The van der Waals surface area contributed by atoms with E-state index < -0.39 is 0 Å². The first kappa shape index (κ1) is 16.9. The molecule has 0 heterocycles. The van der Waals surface area contributed by atoms with Crippen LogP contribution < -0.4 is 14.8 Å². The first-order valence-corrected chi connectivity index (χ1v) is 7.38. The largest absolute Gasteiger partial charge is 0.493 e. The minimum Gasteiger partial charge on any atom is -0.493 e. The molecule has 5 heteroatoms. The second-order valence-corrected chi connectivity index (χ2v) is 5.28. The van der Waals surface area contributed by atoms with Gasteiger partial charge >= 0.3 is 0 Å². The number of halogens is 1. The molecule has 0 spiro atoms. The van der Waals surface area contributed by atoms with E-state index in [0.717, 1.165) is 11.3 Å². The Kier molecular flexibility index (Phi) is 5.66. The van der Waals surface area contributed by atoms with Crippen LogP contribution in [0.15, 0.2) is 48.7 Å². The highest BCUT2D eigenvalue weighted by atomic mass is 35.5. The fraction of sp³-hybridized carbons (Fsp3) is 0.167. The Morgan fingerprint density at radius 3 is 2.48 bits per heavy atom. The van der Waals surface area contributed by atoms with Crippen molar-refractivity contribution in [1.82, 2.24) is 0 Å². The summed E-state index contributed by atoms with van der Waals surface area (Å²) in [7, 11) is 3.08. The van der Waals surface area contributed by atoms with E-state index in [9.17, 15) is 4.79 Å². The number of allylic oxidation sites excluding steroid dienone is 1. The van der Waals surface area contributed by atoms with Gasteiger partial charge in [-0.05, 0) is 42.8 Å². The van der Waals surface area contributed by atoms with Gasteiger partial charge in [0.15, 0.2) is 17.3 Å². The molecule has 0 aliphatic rings. The standard InChI is InChI=1S/C18H18ClNO3/c1-12-4-6-14(11-15(12)19)20-9-8-16(21)13-5-7-17(22-2)18(10-13)23-3/h4-11,20H,1-3H3/b9-8+. The first-order chi connectivity index (χ1) is 11.0. The SMILES string of the molecule is COc1ccc(C(=O)/C=C/Nc2ccc(C)c(Cl)c2)cc1OC. The molecule has 0 radical (unpaired) electrons. The third-order valence-corrected chi connectivity index (χ3v) is 3.73. The van der Waals surface area contributed by atoms with Crippen molar-refractivity contribution >= 4 is 23.1 Å². The average Bonchev–Trinajstić information content (AvgIpc) is 2.57. The van der Waals surface area contributed by atoms with Gasteiger partial charge in [0, 0.05) is 28.5 Å². The van der Waals surface area contributed by atoms with Gasteiger partial charge in [-0.2, -0.15) is 0 Å². The van der Waals surface area contributed by atoms with Crippen molar-refractivity contribution in [2.24, 2.45) is 0 Å². The summed E-state index contributed by atoms with van der Waals surface area (Å²) >= 11 is 6.06. The molecule has 0 bridgehead atoms. The molecule has 0 amide bonds. The zero-order valence-corrected chi connectivity index (χ0v) is 14.0. The molecule has 1 N–H and O–H groups in total. The summed E-state index contributed by atoms with van der Waals surface area (Å²) in [5.41, 5.74) is 2.34. The number of ether oxygens (including phenoxy) is 2. The lowest BCUT2D eigenvalue weighted by Gasteiger charge is -2.08. The Labute approximate surface area is 140 Å². The Hall–Kier alpha value is -2.46. The van der Waals surface area contributed by atoms with E-state index in [4.69, 9.17) is 21.1 Å². The smallest absolute Gasteiger partial charge is 0.187 e. The number of methoxy groups -OCH3 is 2. The molecule has 0 saturated heterocycles. The normalized spacial score (nSPS) is 10.6. The molecule has 120 valence electrons. The van der Waals surface area contributed by atoms with E-state index in [-0.39, 0.29) is 5.78 Å². The van der Waals surface area contributed by atoms with Crippen molar-refractivity contribution in [3.8, 4) is 11.5 Å². The number of carbonyl (C=O) groups excluding carboxylic acids is 1. The molecule has 0 fully saturated rings. The second kappa shape index (κ2) is 7.70. The quantitative estimate of drug-likeness (QED) is 0.626. The van der Waals surface area contributed by atoms with Crippen LogP contribution in [0.5, 0.6) is 11.5 Å². The highest BCUT2D eigenvalue weighted by Crippen LogP contribution is 2.27. The molecule has 0 aliphatic heterocycles. The minimum absolute atomic E-state index is 0.142. The fourth-order valence-electron chi connectivity index (χ4n) is 1.98. The third kappa shape index (κ3) is 4.27. The highest BCUT2D eigenvalue weighted by Gasteiger charge is 2.08. The summed E-state index contributed by atoms with van der Waals surface area (Å²) in [4.78, 5) is 12.2. The van der Waals surface area contributed by atoms with E-state index in [2.05, 4.69) is 5.32 Å². The van der Waals surface area contributed by atoms with E-state index in [1.807, 2.05) is 25.1 Å². The van der Waals surface area contributed by atoms with Crippen LogP contribution in [0.2, 0.25) is 5.02 Å². The molecule has 0 aromatic heterocycles. The van der Waals surface area contributed by atoms with Crippen LogP contribution >= 0.6 is 11.6 Å². The maximum atomic E-state index is 12.2. The van der Waals surface area contributed by atoms with Crippen molar-refractivity contribution in [3.63, 3.8) is 0 Å². The van der Waals surface area contributed by atoms with Gasteiger partial charge in [0.1, 0.15) is 0 Å². The van der Waals surface area contributed by atoms with Gasteiger partial charge in [-0.3, -0.25) is 4.79 Å². The topological polar surface area (TPSA) is 47.6 Å². The van der Waals surface area contributed by atoms with Gasteiger partial charge in [-0.15, -0.1) is 0 Å². The van der Waals surface area contributed by atoms with Gasteiger partial charge < -0.3 is 14.8 Å². The van der Waals surface area contributed by atoms with Crippen LogP contribution in [0.1, 0.15) is 15.9 Å². The molecule has 23 heavy (non-hydrogen) atoms. The zero-order chi connectivity index (χ0) is 16.8. The van der Waals surface area contributed by atoms with Gasteiger partial charge in [0.05, 0.1) is 14.2 Å². The number of hydrogen-bond donors (Lipinski definition) is 1. The number of anilines is 1. The van der Waals surface area contributed by atoms with Crippen LogP contribution in [0.4, 0.5) is 5.69 Å².